The van der Waals surface area contributed by atoms with E-state index in [1.807, 2.05) is 30.3 Å². The third kappa shape index (κ3) is 4.24. The number of carbonyl (C=O) groups excluding carboxylic acids is 1. The molecular weight excluding hydrogens is 294 g/mol. The zero-order valence-electron chi connectivity index (χ0n) is 11.5. The topological polar surface area (TPSA) is 54.5 Å². The molecule has 1 saturated heterocycles. The van der Waals surface area contributed by atoms with Gasteiger partial charge in [0.1, 0.15) is 0 Å². The molecule has 0 saturated carbocycles. The van der Waals surface area contributed by atoms with Crippen LogP contribution in [0.3, 0.4) is 0 Å². The third-order valence-corrected chi connectivity index (χ3v) is 6.04. The maximum atomic E-state index is 12.0. The van der Waals surface area contributed by atoms with Crippen LogP contribution >= 0.6 is 11.8 Å². The Hall–Kier alpha value is -1.01. The molecule has 1 unspecified atom stereocenters. The van der Waals surface area contributed by atoms with Crippen LogP contribution in [0.4, 0.5) is 0 Å². The number of amides is 1. The maximum Gasteiger partial charge on any atom is 0.223 e. The Bertz CT molecular complexity index is 557. The standard InChI is InChI=1S/C14H19NO3S2/c1-20(17,18)13-7-9-15(11-13)14(16)8-10-19-12-5-3-2-4-6-12/h2-6,13H,7-11H2,1H3. The lowest BCUT2D eigenvalue weighted by molar-refractivity contribution is -0.129. The zero-order chi connectivity index (χ0) is 14.6. The molecule has 0 aromatic heterocycles. The van der Waals surface area contributed by atoms with Crippen molar-refractivity contribution in [2.45, 2.75) is 23.0 Å². The van der Waals surface area contributed by atoms with E-state index in [2.05, 4.69) is 0 Å². The van der Waals surface area contributed by atoms with Gasteiger partial charge in [-0.15, -0.1) is 11.8 Å². The number of carbonyl (C=O) groups is 1. The van der Waals surface area contributed by atoms with Crippen LogP contribution in [-0.2, 0) is 14.6 Å². The molecule has 1 fully saturated rings. The van der Waals surface area contributed by atoms with E-state index in [-0.39, 0.29) is 11.2 Å². The minimum atomic E-state index is -3.03. The van der Waals surface area contributed by atoms with E-state index in [0.717, 1.165) is 10.6 Å². The van der Waals surface area contributed by atoms with Crippen LogP contribution in [0.1, 0.15) is 12.8 Å². The molecule has 2 rings (SSSR count). The summed E-state index contributed by atoms with van der Waals surface area (Å²) in [5.74, 6) is 0.780. The van der Waals surface area contributed by atoms with Crippen molar-refractivity contribution in [3.8, 4) is 0 Å². The van der Waals surface area contributed by atoms with E-state index in [1.54, 1.807) is 16.7 Å². The lowest BCUT2D eigenvalue weighted by Crippen LogP contribution is -2.31. The minimum Gasteiger partial charge on any atom is -0.341 e. The molecule has 110 valence electrons. The molecule has 0 spiro atoms. The largest absolute Gasteiger partial charge is 0.341 e. The average Bonchev–Trinajstić information content (AvgIpc) is 2.89. The molecule has 1 heterocycles. The third-order valence-electron chi connectivity index (χ3n) is 3.43. The van der Waals surface area contributed by atoms with Crippen LogP contribution in [0.15, 0.2) is 35.2 Å². The Kier molecular flexibility index (Phi) is 5.10. The van der Waals surface area contributed by atoms with Crippen molar-refractivity contribution in [2.24, 2.45) is 0 Å². The maximum absolute atomic E-state index is 12.0. The lowest BCUT2D eigenvalue weighted by atomic mass is 10.4. The van der Waals surface area contributed by atoms with E-state index in [4.69, 9.17) is 0 Å². The monoisotopic (exact) mass is 313 g/mol. The van der Waals surface area contributed by atoms with Crippen molar-refractivity contribution >= 4 is 27.5 Å². The lowest BCUT2D eigenvalue weighted by Gasteiger charge is -2.15. The molecule has 0 bridgehead atoms. The number of hydrogen-bond acceptors (Lipinski definition) is 4. The van der Waals surface area contributed by atoms with Gasteiger partial charge in [-0.25, -0.2) is 8.42 Å². The Balaban J connectivity index is 1.76. The van der Waals surface area contributed by atoms with Gasteiger partial charge in [-0.05, 0) is 18.6 Å². The normalized spacial score (nSPS) is 19.2. The molecule has 0 N–H and O–H groups in total. The summed E-state index contributed by atoms with van der Waals surface area (Å²) in [6.07, 6.45) is 2.27. The first-order valence-electron chi connectivity index (χ1n) is 6.61. The average molecular weight is 313 g/mol. The second kappa shape index (κ2) is 6.63. The summed E-state index contributed by atoms with van der Waals surface area (Å²) in [6.45, 7) is 0.917. The van der Waals surface area contributed by atoms with Crippen LogP contribution in [0, 0.1) is 0 Å². The van der Waals surface area contributed by atoms with Gasteiger partial charge in [0, 0.05) is 36.4 Å². The Morgan fingerprint density at radius 2 is 2.05 bits per heavy atom. The smallest absolute Gasteiger partial charge is 0.223 e. The number of benzene rings is 1. The molecule has 0 aliphatic carbocycles. The summed E-state index contributed by atoms with van der Waals surface area (Å²) in [7, 11) is -3.03. The Morgan fingerprint density at radius 1 is 1.35 bits per heavy atom. The molecule has 4 nitrogen and oxygen atoms in total. The van der Waals surface area contributed by atoms with Gasteiger partial charge >= 0.3 is 0 Å². The quantitative estimate of drug-likeness (QED) is 0.778. The molecule has 6 heteroatoms. The molecule has 1 aliphatic rings. The van der Waals surface area contributed by atoms with Gasteiger partial charge in [-0.3, -0.25) is 4.79 Å². The summed E-state index contributed by atoms with van der Waals surface area (Å²) in [5.41, 5.74) is 0. The Labute approximate surface area is 124 Å². The minimum absolute atomic E-state index is 0.0552. The van der Waals surface area contributed by atoms with Crippen molar-refractivity contribution < 1.29 is 13.2 Å². The first-order chi connectivity index (χ1) is 9.47. The van der Waals surface area contributed by atoms with Crippen LogP contribution in [0.5, 0.6) is 0 Å². The molecule has 1 amide bonds. The van der Waals surface area contributed by atoms with Crippen LogP contribution < -0.4 is 0 Å². The highest BCUT2D eigenvalue weighted by Crippen LogP contribution is 2.20. The van der Waals surface area contributed by atoms with Gasteiger partial charge in [-0.2, -0.15) is 0 Å². The van der Waals surface area contributed by atoms with E-state index >= 15 is 0 Å². The Morgan fingerprint density at radius 3 is 2.65 bits per heavy atom. The number of hydrogen-bond donors (Lipinski definition) is 0. The number of nitrogens with zero attached hydrogens (tertiary/aromatic N) is 1. The van der Waals surface area contributed by atoms with Crippen molar-refractivity contribution in [2.75, 3.05) is 25.1 Å². The van der Waals surface area contributed by atoms with Crippen LogP contribution in [0.25, 0.3) is 0 Å². The van der Waals surface area contributed by atoms with E-state index in [0.29, 0.717) is 25.9 Å². The predicted octanol–water partition coefficient (Wildman–Crippen LogP) is 1.81. The molecule has 1 aromatic carbocycles. The van der Waals surface area contributed by atoms with Crippen molar-refractivity contribution in [1.29, 1.82) is 0 Å². The van der Waals surface area contributed by atoms with Crippen molar-refractivity contribution in [1.82, 2.24) is 4.90 Å². The highest BCUT2D eigenvalue weighted by molar-refractivity contribution is 7.99. The molecule has 0 radical (unpaired) electrons. The van der Waals surface area contributed by atoms with E-state index < -0.39 is 9.84 Å². The number of thioether (sulfide) groups is 1. The van der Waals surface area contributed by atoms with Gasteiger partial charge in [0.2, 0.25) is 5.91 Å². The summed E-state index contributed by atoms with van der Waals surface area (Å²) in [6, 6.07) is 9.95. The van der Waals surface area contributed by atoms with Crippen molar-refractivity contribution in [3.05, 3.63) is 30.3 Å². The fourth-order valence-corrected chi connectivity index (χ4v) is 4.08. The molecule has 20 heavy (non-hydrogen) atoms. The van der Waals surface area contributed by atoms with E-state index in [1.165, 1.54) is 6.26 Å². The zero-order valence-corrected chi connectivity index (χ0v) is 13.1. The van der Waals surface area contributed by atoms with E-state index in [9.17, 15) is 13.2 Å². The number of rotatable bonds is 5. The fraction of sp³-hybridized carbons (Fsp3) is 0.500. The number of likely N-dealkylation sites (tertiary alicyclic amines) is 1. The molecule has 1 aromatic rings. The van der Waals surface area contributed by atoms with Gasteiger partial charge in [0.05, 0.1) is 5.25 Å². The van der Waals surface area contributed by atoms with Crippen LogP contribution in [0.2, 0.25) is 0 Å². The first kappa shape index (κ1) is 15.4. The summed E-state index contributed by atoms with van der Waals surface area (Å²) < 4.78 is 22.9. The SMILES string of the molecule is CS(=O)(=O)C1CCN(C(=O)CCSc2ccccc2)C1. The number of sulfone groups is 1. The highest BCUT2D eigenvalue weighted by atomic mass is 32.2. The highest BCUT2D eigenvalue weighted by Gasteiger charge is 2.32. The summed E-state index contributed by atoms with van der Waals surface area (Å²) in [5, 5.41) is -0.381. The molecular formula is C14H19NO3S2. The van der Waals surface area contributed by atoms with Gasteiger partial charge in [-0.1, -0.05) is 18.2 Å². The first-order valence-corrected chi connectivity index (χ1v) is 9.55. The van der Waals surface area contributed by atoms with Gasteiger partial charge < -0.3 is 4.90 Å². The van der Waals surface area contributed by atoms with Crippen LogP contribution in [-0.4, -0.2) is 49.6 Å². The van der Waals surface area contributed by atoms with Gasteiger partial charge in [0.15, 0.2) is 9.84 Å². The molecule has 1 atom stereocenters. The fourth-order valence-electron chi connectivity index (χ4n) is 2.24. The van der Waals surface area contributed by atoms with Crippen molar-refractivity contribution in [3.63, 3.8) is 0 Å². The molecule has 1 aliphatic heterocycles. The second-order valence-electron chi connectivity index (χ2n) is 4.99. The summed E-state index contributed by atoms with van der Waals surface area (Å²) >= 11 is 1.65. The summed E-state index contributed by atoms with van der Waals surface area (Å²) in [4.78, 5) is 14.9. The predicted molar refractivity (Wildman–Crippen MR) is 81.6 cm³/mol. The van der Waals surface area contributed by atoms with Gasteiger partial charge in [0.25, 0.3) is 0 Å². The second-order valence-corrected chi connectivity index (χ2v) is 8.49.